The fraction of sp³-hybridized carbons (Fsp3) is 0.333. The second-order valence-corrected chi connectivity index (χ2v) is 6.74. The van der Waals surface area contributed by atoms with Gasteiger partial charge in [0.15, 0.2) is 5.75 Å². The third kappa shape index (κ3) is 1.61. The van der Waals surface area contributed by atoms with E-state index in [-0.39, 0.29) is 11.6 Å². The molecule has 3 aliphatic rings. The van der Waals surface area contributed by atoms with Crippen LogP contribution in [0.1, 0.15) is 24.4 Å². The van der Waals surface area contributed by atoms with E-state index in [2.05, 4.69) is 17.0 Å². The highest BCUT2D eigenvalue weighted by atomic mass is 35.5. The molecule has 3 aliphatic heterocycles. The molecule has 3 heterocycles. The van der Waals surface area contributed by atoms with E-state index in [9.17, 15) is 0 Å². The normalized spacial score (nSPS) is 28.2. The van der Waals surface area contributed by atoms with E-state index in [0.29, 0.717) is 0 Å². The van der Waals surface area contributed by atoms with E-state index in [1.54, 1.807) is 0 Å². The molecule has 1 spiro atoms. The Bertz CT molecular complexity index is 755. The molecular formula is C18H16ClNO2. The number of benzene rings is 2. The molecule has 5 rings (SSSR count). The summed E-state index contributed by atoms with van der Waals surface area (Å²) < 4.78 is 12.4. The summed E-state index contributed by atoms with van der Waals surface area (Å²) in [5, 5.41) is 0.744. The summed E-state index contributed by atoms with van der Waals surface area (Å²) in [4.78, 5) is 2.39. The van der Waals surface area contributed by atoms with Crippen molar-refractivity contribution < 1.29 is 9.47 Å². The number of hydrogen-bond acceptors (Lipinski definition) is 3. The third-order valence-corrected chi connectivity index (χ3v) is 5.28. The predicted octanol–water partition coefficient (Wildman–Crippen LogP) is 4.56. The molecule has 2 atom stereocenters. The maximum Gasteiger partial charge on any atom is 0.150 e. The van der Waals surface area contributed by atoms with Gasteiger partial charge in [-0.2, -0.15) is 0 Å². The van der Waals surface area contributed by atoms with Crippen LogP contribution in [-0.2, 0) is 4.74 Å². The summed E-state index contributed by atoms with van der Waals surface area (Å²) in [6.07, 6.45) is 2.23. The van der Waals surface area contributed by atoms with Crippen LogP contribution in [0.5, 0.6) is 11.5 Å². The lowest BCUT2D eigenvalue weighted by Gasteiger charge is -2.55. The van der Waals surface area contributed by atoms with Crippen LogP contribution in [0, 0.1) is 0 Å². The lowest BCUT2D eigenvalue weighted by molar-refractivity contribution is -0.0564. The molecule has 0 N–H and O–H groups in total. The molecule has 3 nitrogen and oxygen atoms in total. The molecule has 0 amide bonds. The van der Waals surface area contributed by atoms with E-state index in [1.165, 1.54) is 0 Å². The summed E-state index contributed by atoms with van der Waals surface area (Å²) in [5.41, 5.74) is 2.19. The zero-order chi connectivity index (χ0) is 14.7. The maximum atomic E-state index is 6.26. The first kappa shape index (κ1) is 12.8. The van der Waals surface area contributed by atoms with Crippen LogP contribution >= 0.6 is 11.6 Å². The monoisotopic (exact) mass is 313 g/mol. The lowest BCUT2D eigenvalue weighted by atomic mass is 9.76. The maximum absolute atomic E-state index is 6.26. The Morgan fingerprint density at radius 2 is 2.05 bits per heavy atom. The minimum absolute atomic E-state index is 0.0831. The number of halogens is 1. The van der Waals surface area contributed by atoms with Crippen molar-refractivity contribution in [2.75, 3.05) is 18.1 Å². The van der Waals surface area contributed by atoms with Crippen molar-refractivity contribution in [3.05, 3.63) is 53.1 Å². The van der Waals surface area contributed by atoms with E-state index in [4.69, 9.17) is 21.1 Å². The molecule has 0 bridgehead atoms. The first-order valence-electron chi connectivity index (χ1n) is 7.74. The quantitative estimate of drug-likeness (QED) is 0.712. The molecule has 0 unspecified atom stereocenters. The second-order valence-electron chi connectivity index (χ2n) is 6.30. The Labute approximate surface area is 134 Å². The van der Waals surface area contributed by atoms with Crippen LogP contribution in [0.2, 0.25) is 5.02 Å². The van der Waals surface area contributed by atoms with Crippen molar-refractivity contribution in [3.63, 3.8) is 0 Å². The first-order chi connectivity index (χ1) is 10.8. The molecule has 0 aliphatic carbocycles. The highest BCUT2D eigenvalue weighted by molar-refractivity contribution is 6.30. The van der Waals surface area contributed by atoms with Gasteiger partial charge in [-0.05, 0) is 43.2 Å². The van der Waals surface area contributed by atoms with Gasteiger partial charge in [0.1, 0.15) is 11.4 Å². The van der Waals surface area contributed by atoms with Gasteiger partial charge in [0.2, 0.25) is 0 Å². The predicted molar refractivity (Wildman–Crippen MR) is 86.0 cm³/mol. The summed E-state index contributed by atoms with van der Waals surface area (Å²) in [6, 6.07) is 14.3. The summed E-state index contributed by atoms with van der Waals surface area (Å²) in [5.74, 6) is 1.79. The van der Waals surface area contributed by atoms with Crippen molar-refractivity contribution in [2.24, 2.45) is 0 Å². The van der Waals surface area contributed by atoms with Gasteiger partial charge in [0.25, 0.3) is 0 Å². The zero-order valence-corrected chi connectivity index (χ0v) is 12.8. The Kier molecular flexibility index (Phi) is 2.56. The summed E-state index contributed by atoms with van der Waals surface area (Å²) in [7, 11) is 0. The van der Waals surface area contributed by atoms with Gasteiger partial charge in [-0.15, -0.1) is 0 Å². The molecule has 2 aromatic carbocycles. The first-order valence-corrected chi connectivity index (χ1v) is 8.12. The van der Waals surface area contributed by atoms with Crippen molar-refractivity contribution in [1.82, 2.24) is 0 Å². The van der Waals surface area contributed by atoms with Gasteiger partial charge < -0.3 is 14.4 Å². The zero-order valence-electron chi connectivity index (χ0n) is 12.1. The summed E-state index contributed by atoms with van der Waals surface area (Å²) in [6.45, 7) is 1.77. The molecule has 2 fully saturated rings. The largest absolute Gasteiger partial charge is 0.455 e. The minimum atomic E-state index is -0.0831. The van der Waals surface area contributed by atoms with Crippen LogP contribution in [-0.4, -0.2) is 18.8 Å². The molecule has 0 saturated carbocycles. The highest BCUT2D eigenvalue weighted by Gasteiger charge is 2.58. The topological polar surface area (TPSA) is 21.7 Å². The fourth-order valence-electron chi connectivity index (χ4n) is 4.10. The highest BCUT2D eigenvalue weighted by Crippen LogP contribution is 2.57. The molecular weight excluding hydrogens is 298 g/mol. The third-order valence-electron chi connectivity index (χ3n) is 5.04. The molecule has 0 aromatic heterocycles. The van der Waals surface area contributed by atoms with Gasteiger partial charge in [0, 0.05) is 17.2 Å². The molecule has 2 aromatic rings. The number of anilines is 1. The molecule has 2 saturated heterocycles. The van der Waals surface area contributed by atoms with Gasteiger partial charge in [-0.1, -0.05) is 23.7 Å². The number of rotatable bonds is 0. The smallest absolute Gasteiger partial charge is 0.150 e. The Balaban J connectivity index is 1.72. The van der Waals surface area contributed by atoms with E-state index >= 15 is 0 Å². The van der Waals surface area contributed by atoms with Crippen LogP contribution < -0.4 is 9.64 Å². The van der Waals surface area contributed by atoms with Crippen LogP contribution in [0.3, 0.4) is 0 Å². The van der Waals surface area contributed by atoms with Crippen LogP contribution in [0.25, 0.3) is 0 Å². The molecule has 22 heavy (non-hydrogen) atoms. The van der Waals surface area contributed by atoms with Gasteiger partial charge in [-0.3, -0.25) is 0 Å². The standard InChI is InChI=1S/C18H16ClNO2/c19-12-6-7-15-13(10-12)17-18(8-3-9-21-18)11-20(17)14-4-1-2-5-16(14)22-15/h1-2,4-7,10,17H,3,8-9,11H2/t17-,18+/m0/s1. The number of fused-ring (bicyclic) bond motifs is 6. The average Bonchev–Trinajstić information content (AvgIpc) is 2.96. The van der Waals surface area contributed by atoms with Gasteiger partial charge in [-0.25, -0.2) is 0 Å². The minimum Gasteiger partial charge on any atom is -0.455 e. The van der Waals surface area contributed by atoms with Crippen LogP contribution in [0.4, 0.5) is 5.69 Å². The lowest BCUT2D eigenvalue weighted by Crippen LogP contribution is -2.63. The Morgan fingerprint density at radius 1 is 1.14 bits per heavy atom. The van der Waals surface area contributed by atoms with E-state index < -0.39 is 0 Å². The number of hydrogen-bond donors (Lipinski definition) is 0. The van der Waals surface area contributed by atoms with Gasteiger partial charge in [0.05, 0.1) is 18.3 Å². The molecule has 112 valence electrons. The molecule has 4 heteroatoms. The van der Waals surface area contributed by atoms with E-state index in [1.807, 2.05) is 30.3 Å². The average molecular weight is 314 g/mol. The van der Waals surface area contributed by atoms with Crippen molar-refractivity contribution in [3.8, 4) is 11.5 Å². The van der Waals surface area contributed by atoms with Crippen molar-refractivity contribution >= 4 is 17.3 Å². The van der Waals surface area contributed by atoms with Crippen molar-refractivity contribution in [2.45, 2.75) is 24.5 Å². The van der Waals surface area contributed by atoms with E-state index in [0.717, 1.165) is 53.8 Å². The number of ether oxygens (including phenoxy) is 2. The van der Waals surface area contributed by atoms with Crippen molar-refractivity contribution in [1.29, 1.82) is 0 Å². The number of nitrogens with zero attached hydrogens (tertiary/aromatic N) is 1. The van der Waals surface area contributed by atoms with Gasteiger partial charge >= 0.3 is 0 Å². The Hall–Kier alpha value is -1.71. The Morgan fingerprint density at radius 3 is 2.91 bits per heavy atom. The second kappa shape index (κ2) is 4.40. The molecule has 0 radical (unpaired) electrons. The number of para-hydroxylation sites is 2. The van der Waals surface area contributed by atoms with Crippen LogP contribution in [0.15, 0.2) is 42.5 Å². The summed E-state index contributed by atoms with van der Waals surface area (Å²) >= 11 is 6.26. The SMILES string of the molecule is Clc1ccc2c(c1)[C@@H]1N(C[C@]13CCCO3)c1ccccc1O2. The fourth-order valence-corrected chi connectivity index (χ4v) is 4.28.